The van der Waals surface area contributed by atoms with Gasteiger partial charge in [-0.25, -0.2) is 4.79 Å². The van der Waals surface area contributed by atoms with Crippen LogP contribution in [0.1, 0.15) is 13.3 Å². The van der Waals surface area contributed by atoms with Crippen molar-refractivity contribution >= 4 is 51.7 Å². The van der Waals surface area contributed by atoms with Crippen molar-refractivity contribution in [3.05, 3.63) is 69.0 Å². The zero-order chi connectivity index (χ0) is 22.4. The number of carbonyl (C=O) groups excluding carboxylic acids is 2. The first-order valence-electron chi connectivity index (χ1n) is 9.55. The fourth-order valence-corrected chi connectivity index (χ4v) is 3.22. The third-order valence-electron chi connectivity index (χ3n) is 4.34. The van der Waals surface area contributed by atoms with Gasteiger partial charge >= 0.3 is 5.63 Å². The maximum Gasteiger partial charge on any atom is 0.336 e. The molecule has 7 nitrogen and oxygen atoms in total. The number of nitrogens with one attached hydrogen (secondary N) is 1. The lowest BCUT2D eigenvalue weighted by Gasteiger charge is -2.22. The summed E-state index contributed by atoms with van der Waals surface area (Å²) < 4.78 is 10.7. The summed E-state index contributed by atoms with van der Waals surface area (Å²) in [5.74, 6) is -0.385. The molecule has 0 aliphatic carbocycles. The Morgan fingerprint density at radius 3 is 2.65 bits per heavy atom. The zero-order valence-corrected chi connectivity index (χ0v) is 18.2. The van der Waals surface area contributed by atoms with E-state index < -0.39 is 11.5 Å². The molecular weight excluding hydrogens is 443 g/mol. The second kappa shape index (κ2) is 10.3. The molecule has 3 rings (SSSR count). The Labute approximate surface area is 188 Å². The highest BCUT2D eigenvalue weighted by Crippen LogP contribution is 2.25. The van der Waals surface area contributed by atoms with Crippen LogP contribution in [-0.4, -0.2) is 36.4 Å². The van der Waals surface area contributed by atoms with E-state index in [1.807, 2.05) is 6.92 Å². The number of carbonyl (C=O) groups is 2. The lowest BCUT2D eigenvalue weighted by atomic mass is 10.2. The number of benzene rings is 2. The van der Waals surface area contributed by atoms with Gasteiger partial charge in [-0.15, -0.1) is 0 Å². The van der Waals surface area contributed by atoms with Gasteiger partial charge in [-0.05, 0) is 42.8 Å². The number of amides is 2. The van der Waals surface area contributed by atoms with E-state index in [0.717, 1.165) is 5.39 Å². The maximum atomic E-state index is 12.6. The second-order valence-electron chi connectivity index (χ2n) is 6.73. The minimum Gasteiger partial charge on any atom is -0.484 e. The summed E-state index contributed by atoms with van der Waals surface area (Å²) in [6.45, 7) is 1.85. The van der Waals surface area contributed by atoms with Gasteiger partial charge in [0.2, 0.25) is 5.91 Å². The topological polar surface area (TPSA) is 88.9 Å². The van der Waals surface area contributed by atoms with Crippen molar-refractivity contribution in [3.63, 3.8) is 0 Å². The van der Waals surface area contributed by atoms with E-state index >= 15 is 0 Å². The second-order valence-corrected chi connectivity index (χ2v) is 7.57. The van der Waals surface area contributed by atoms with Crippen LogP contribution < -0.4 is 15.7 Å². The predicted octanol–water partition coefficient (Wildman–Crippen LogP) is 4.36. The third-order valence-corrected chi connectivity index (χ3v) is 4.90. The van der Waals surface area contributed by atoms with E-state index in [4.69, 9.17) is 32.4 Å². The summed E-state index contributed by atoms with van der Waals surface area (Å²) in [7, 11) is 0. The molecule has 2 aromatic carbocycles. The van der Waals surface area contributed by atoms with Crippen LogP contribution in [0.3, 0.4) is 0 Å². The van der Waals surface area contributed by atoms with Crippen LogP contribution in [0.4, 0.5) is 5.69 Å². The van der Waals surface area contributed by atoms with Gasteiger partial charge in [0, 0.05) is 29.1 Å². The van der Waals surface area contributed by atoms with E-state index in [9.17, 15) is 14.4 Å². The average Bonchev–Trinajstić information content (AvgIpc) is 2.74. The van der Waals surface area contributed by atoms with Crippen molar-refractivity contribution in [1.82, 2.24) is 4.90 Å². The molecule has 0 aliphatic rings. The molecule has 0 fully saturated rings. The Balaban J connectivity index is 1.62. The molecule has 0 spiro atoms. The van der Waals surface area contributed by atoms with Crippen molar-refractivity contribution in [2.45, 2.75) is 13.3 Å². The molecule has 1 N–H and O–H groups in total. The minimum atomic E-state index is -0.472. The Morgan fingerprint density at radius 2 is 1.87 bits per heavy atom. The predicted molar refractivity (Wildman–Crippen MR) is 120 cm³/mol. The number of fused-ring (bicyclic) bond motifs is 1. The number of hydrogen-bond acceptors (Lipinski definition) is 5. The Bertz CT molecular complexity index is 1160. The number of rotatable bonds is 8. The molecule has 0 radical (unpaired) electrons. The molecule has 0 atom stereocenters. The quantitative estimate of drug-likeness (QED) is 0.502. The number of ether oxygens (including phenoxy) is 1. The van der Waals surface area contributed by atoms with Crippen molar-refractivity contribution in [2.24, 2.45) is 0 Å². The van der Waals surface area contributed by atoms with Gasteiger partial charge in [0.1, 0.15) is 11.3 Å². The van der Waals surface area contributed by atoms with Crippen LogP contribution in [-0.2, 0) is 9.59 Å². The summed E-state index contributed by atoms with van der Waals surface area (Å²) in [6.07, 6.45) is 0.665. The van der Waals surface area contributed by atoms with Crippen LogP contribution in [0.15, 0.2) is 57.7 Å². The molecule has 1 aromatic heterocycles. The van der Waals surface area contributed by atoms with Gasteiger partial charge in [0.25, 0.3) is 5.91 Å². The highest BCUT2D eigenvalue weighted by Gasteiger charge is 2.18. The smallest absolute Gasteiger partial charge is 0.336 e. The molecule has 2 amide bonds. The minimum absolute atomic E-state index is 0.161. The summed E-state index contributed by atoms with van der Waals surface area (Å²) in [5.41, 5.74) is 0.262. The van der Waals surface area contributed by atoms with Crippen LogP contribution >= 0.6 is 23.2 Å². The van der Waals surface area contributed by atoms with E-state index in [1.54, 1.807) is 36.4 Å². The molecule has 0 saturated heterocycles. The third kappa shape index (κ3) is 6.23. The molecular formula is C22H20Cl2N2O5. The molecule has 0 bridgehead atoms. The van der Waals surface area contributed by atoms with Crippen molar-refractivity contribution in [3.8, 4) is 5.75 Å². The average molecular weight is 463 g/mol. The molecule has 1 heterocycles. The first kappa shape index (κ1) is 22.7. The molecule has 162 valence electrons. The van der Waals surface area contributed by atoms with Crippen LogP contribution in [0.2, 0.25) is 10.0 Å². The lowest BCUT2D eigenvalue weighted by Crippen LogP contribution is -2.41. The molecule has 0 aliphatic heterocycles. The van der Waals surface area contributed by atoms with Gasteiger partial charge in [0.15, 0.2) is 6.61 Å². The molecule has 9 heteroatoms. The van der Waals surface area contributed by atoms with Gasteiger partial charge in [-0.3, -0.25) is 9.59 Å². The Morgan fingerprint density at radius 1 is 1.10 bits per heavy atom. The normalized spacial score (nSPS) is 10.7. The highest BCUT2D eigenvalue weighted by molar-refractivity contribution is 6.35. The first-order valence-corrected chi connectivity index (χ1v) is 10.3. The summed E-state index contributed by atoms with van der Waals surface area (Å²) in [4.78, 5) is 37.8. The number of halogens is 2. The lowest BCUT2D eigenvalue weighted by molar-refractivity contribution is -0.136. The summed E-state index contributed by atoms with van der Waals surface area (Å²) in [6, 6.07) is 12.6. The molecule has 31 heavy (non-hydrogen) atoms. The van der Waals surface area contributed by atoms with E-state index in [-0.39, 0.29) is 19.1 Å². The fourth-order valence-electron chi connectivity index (χ4n) is 2.89. The van der Waals surface area contributed by atoms with Gasteiger partial charge in [-0.2, -0.15) is 0 Å². The number of nitrogens with zero attached hydrogens (tertiary/aromatic N) is 1. The fraction of sp³-hybridized carbons (Fsp3) is 0.227. The van der Waals surface area contributed by atoms with Gasteiger partial charge in [0.05, 0.1) is 17.3 Å². The number of anilines is 1. The van der Waals surface area contributed by atoms with Crippen molar-refractivity contribution < 1.29 is 18.7 Å². The van der Waals surface area contributed by atoms with Gasteiger partial charge < -0.3 is 19.4 Å². The van der Waals surface area contributed by atoms with Crippen LogP contribution in [0.25, 0.3) is 11.0 Å². The number of hydrogen-bond donors (Lipinski definition) is 1. The van der Waals surface area contributed by atoms with Crippen LogP contribution in [0.5, 0.6) is 5.75 Å². The highest BCUT2D eigenvalue weighted by atomic mass is 35.5. The van der Waals surface area contributed by atoms with E-state index in [0.29, 0.717) is 40.0 Å². The first-order chi connectivity index (χ1) is 14.9. The summed E-state index contributed by atoms with van der Waals surface area (Å²) in [5, 5.41) is 4.18. The van der Waals surface area contributed by atoms with Gasteiger partial charge in [-0.1, -0.05) is 30.1 Å². The summed E-state index contributed by atoms with van der Waals surface area (Å²) >= 11 is 12.0. The standard InChI is InChI=1S/C22H20Cl2N2O5/c1-2-9-26(12-20(27)25-18-10-15(23)5-7-17(18)24)21(28)13-30-16-6-3-14-4-8-22(29)31-19(14)11-16/h3-8,10-11H,2,9,12-13H2,1H3,(H,25,27). The van der Waals surface area contributed by atoms with Crippen molar-refractivity contribution in [1.29, 1.82) is 0 Å². The largest absolute Gasteiger partial charge is 0.484 e. The monoisotopic (exact) mass is 462 g/mol. The van der Waals surface area contributed by atoms with E-state index in [1.165, 1.54) is 17.0 Å². The van der Waals surface area contributed by atoms with E-state index in [2.05, 4.69) is 5.32 Å². The SMILES string of the molecule is CCCN(CC(=O)Nc1cc(Cl)ccc1Cl)C(=O)COc1ccc2ccc(=O)oc2c1. The molecule has 3 aromatic rings. The molecule has 0 saturated carbocycles. The Hall–Kier alpha value is -3.03. The zero-order valence-electron chi connectivity index (χ0n) is 16.7. The molecule has 0 unspecified atom stereocenters. The maximum absolute atomic E-state index is 12.6. The van der Waals surface area contributed by atoms with Crippen molar-refractivity contribution in [2.75, 3.05) is 25.0 Å². The Kier molecular flexibility index (Phi) is 7.55. The van der Waals surface area contributed by atoms with Crippen LogP contribution in [0, 0.1) is 0 Å².